The quantitative estimate of drug-likeness (QED) is 0.772. The Morgan fingerprint density at radius 1 is 1.00 bits per heavy atom. The van der Waals surface area contributed by atoms with Gasteiger partial charge in [0.05, 0.1) is 5.52 Å². The molecule has 0 saturated carbocycles. The van der Waals surface area contributed by atoms with E-state index in [2.05, 4.69) is 15.5 Å². The van der Waals surface area contributed by atoms with Gasteiger partial charge in [0.15, 0.2) is 5.69 Å². The number of nitrogens with zero attached hydrogens (tertiary/aromatic N) is 2. The van der Waals surface area contributed by atoms with Gasteiger partial charge in [0.2, 0.25) is 0 Å². The van der Waals surface area contributed by atoms with Gasteiger partial charge in [-0.2, -0.15) is 0 Å². The minimum Gasteiger partial charge on any atom is -0.321 e. The second kappa shape index (κ2) is 5.09. The number of nitrogens with one attached hydrogen (secondary N) is 1. The van der Waals surface area contributed by atoms with Crippen LogP contribution in [-0.4, -0.2) is 16.1 Å². The molecule has 0 saturated heterocycles. The van der Waals surface area contributed by atoms with E-state index in [4.69, 9.17) is 0 Å². The van der Waals surface area contributed by atoms with Gasteiger partial charge >= 0.3 is 0 Å². The van der Waals surface area contributed by atoms with Crippen molar-refractivity contribution in [2.45, 2.75) is 6.92 Å². The van der Waals surface area contributed by atoms with Gasteiger partial charge in [-0.3, -0.25) is 4.79 Å². The van der Waals surface area contributed by atoms with Crippen LogP contribution in [0.5, 0.6) is 0 Å². The topological polar surface area (TPSA) is 54.9 Å². The monoisotopic (exact) mass is 263 g/mol. The highest BCUT2D eigenvalue weighted by atomic mass is 16.1. The molecule has 4 nitrogen and oxygen atoms in total. The Balaban J connectivity index is 1.88. The van der Waals surface area contributed by atoms with E-state index in [0.29, 0.717) is 5.69 Å². The van der Waals surface area contributed by atoms with Crippen LogP contribution < -0.4 is 5.32 Å². The van der Waals surface area contributed by atoms with Crippen molar-refractivity contribution in [1.29, 1.82) is 0 Å². The van der Waals surface area contributed by atoms with Gasteiger partial charge in [-0.05, 0) is 36.8 Å². The Bertz CT molecular complexity index is 783. The summed E-state index contributed by atoms with van der Waals surface area (Å²) in [7, 11) is 0. The van der Waals surface area contributed by atoms with Crippen LogP contribution in [0.15, 0.2) is 54.6 Å². The number of aromatic nitrogens is 2. The van der Waals surface area contributed by atoms with E-state index in [9.17, 15) is 4.79 Å². The number of hydrogen-bond acceptors (Lipinski definition) is 3. The first kappa shape index (κ1) is 12.3. The SMILES string of the molecule is Cc1cccc(NC(=O)c2cc3ccccc3nn2)c1. The van der Waals surface area contributed by atoms with E-state index >= 15 is 0 Å². The summed E-state index contributed by atoms with van der Waals surface area (Å²) in [6.07, 6.45) is 0. The standard InChI is InChI=1S/C16H13N3O/c1-11-5-4-7-13(9-11)17-16(20)15-10-12-6-2-3-8-14(12)18-19-15/h2-10H,1H3,(H,17,20). The predicted octanol–water partition coefficient (Wildman–Crippen LogP) is 3.19. The zero-order chi connectivity index (χ0) is 13.9. The Kier molecular flexibility index (Phi) is 3.13. The van der Waals surface area contributed by atoms with Crippen molar-refractivity contribution in [3.8, 4) is 0 Å². The lowest BCUT2D eigenvalue weighted by Crippen LogP contribution is -2.14. The molecule has 3 rings (SSSR count). The predicted molar refractivity (Wildman–Crippen MR) is 78.7 cm³/mol. The molecule has 0 spiro atoms. The molecule has 0 fully saturated rings. The molecule has 98 valence electrons. The number of anilines is 1. The lowest BCUT2D eigenvalue weighted by Gasteiger charge is -2.05. The number of benzene rings is 2. The smallest absolute Gasteiger partial charge is 0.276 e. The molecule has 0 aliphatic heterocycles. The van der Waals surface area contributed by atoms with Crippen LogP contribution in [0.1, 0.15) is 16.1 Å². The molecule has 0 unspecified atom stereocenters. The van der Waals surface area contributed by atoms with Gasteiger partial charge in [0, 0.05) is 11.1 Å². The van der Waals surface area contributed by atoms with Gasteiger partial charge in [-0.1, -0.05) is 30.3 Å². The van der Waals surface area contributed by atoms with E-state index in [1.165, 1.54) is 0 Å². The minimum absolute atomic E-state index is 0.256. The van der Waals surface area contributed by atoms with Crippen molar-refractivity contribution in [3.05, 3.63) is 65.9 Å². The third kappa shape index (κ3) is 2.49. The molecule has 1 N–H and O–H groups in total. The lowest BCUT2D eigenvalue weighted by atomic mass is 10.2. The Labute approximate surface area is 116 Å². The number of amides is 1. The molecule has 1 amide bonds. The average molecular weight is 263 g/mol. The molecule has 2 aromatic carbocycles. The lowest BCUT2D eigenvalue weighted by molar-refractivity contribution is 0.102. The maximum Gasteiger partial charge on any atom is 0.276 e. The van der Waals surface area contributed by atoms with Crippen LogP contribution in [0.4, 0.5) is 5.69 Å². The Hall–Kier alpha value is -2.75. The average Bonchev–Trinajstić information content (AvgIpc) is 2.47. The van der Waals surface area contributed by atoms with Crippen molar-refractivity contribution in [3.63, 3.8) is 0 Å². The molecular weight excluding hydrogens is 250 g/mol. The fraction of sp³-hybridized carbons (Fsp3) is 0.0625. The molecule has 0 bridgehead atoms. The summed E-state index contributed by atoms with van der Waals surface area (Å²) in [5.74, 6) is -0.256. The van der Waals surface area contributed by atoms with Crippen molar-refractivity contribution < 1.29 is 4.79 Å². The molecule has 1 heterocycles. The molecule has 0 aliphatic carbocycles. The highest BCUT2D eigenvalue weighted by Gasteiger charge is 2.09. The fourth-order valence-corrected chi connectivity index (χ4v) is 2.01. The molecule has 0 aliphatic rings. The van der Waals surface area contributed by atoms with Crippen molar-refractivity contribution in [2.24, 2.45) is 0 Å². The molecule has 4 heteroatoms. The summed E-state index contributed by atoms with van der Waals surface area (Å²) in [4.78, 5) is 12.2. The zero-order valence-corrected chi connectivity index (χ0v) is 11.0. The molecule has 20 heavy (non-hydrogen) atoms. The van der Waals surface area contributed by atoms with Crippen LogP contribution in [0, 0.1) is 6.92 Å². The highest BCUT2D eigenvalue weighted by molar-refractivity contribution is 6.04. The number of aryl methyl sites for hydroxylation is 1. The summed E-state index contributed by atoms with van der Waals surface area (Å²) in [6, 6.07) is 17.0. The fourth-order valence-electron chi connectivity index (χ4n) is 2.01. The summed E-state index contributed by atoms with van der Waals surface area (Å²) in [5, 5.41) is 11.7. The normalized spacial score (nSPS) is 10.4. The minimum atomic E-state index is -0.256. The maximum atomic E-state index is 12.2. The van der Waals surface area contributed by atoms with Crippen LogP contribution in [0.2, 0.25) is 0 Å². The first-order valence-corrected chi connectivity index (χ1v) is 6.33. The summed E-state index contributed by atoms with van der Waals surface area (Å²) >= 11 is 0. The third-order valence-corrected chi connectivity index (χ3v) is 3.00. The van der Waals surface area contributed by atoms with E-state index in [-0.39, 0.29) is 5.91 Å². The van der Waals surface area contributed by atoms with Crippen LogP contribution in [0.3, 0.4) is 0 Å². The van der Waals surface area contributed by atoms with Gasteiger partial charge in [-0.25, -0.2) is 0 Å². The first-order chi connectivity index (χ1) is 9.72. The second-order valence-electron chi connectivity index (χ2n) is 4.61. The number of hydrogen-bond donors (Lipinski definition) is 1. The van der Waals surface area contributed by atoms with Crippen LogP contribution in [-0.2, 0) is 0 Å². The number of carbonyl (C=O) groups is 1. The molecule has 0 radical (unpaired) electrons. The van der Waals surface area contributed by atoms with Crippen molar-refractivity contribution >= 4 is 22.5 Å². The molecular formula is C16H13N3O. The first-order valence-electron chi connectivity index (χ1n) is 6.33. The van der Waals surface area contributed by atoms with Gasteiger partial charge < -0.3 is 5.32 Å². The summed E-state index contributed by atoms with van der Waals surface area (Å²) < 4.78 is 0. The van der Waals surface area contributed by atoms with Gasteiger partial charge in [-0.15, -0.1) is 10.2 Å². The van der Waals surface area contributed by atoms with E-state index < -0.39 is 0 Å². The van der Waals surface area contributed by atoms with Gasteiger partial charge in [0.25, 0.3) is 5.91 Å². The second-order valence-corrected chi connectivity index (χ2v) is 4.61. The molecule has 0 atom stereocenters. The summed E-state index contributed by atoms with van der Waals surface area (Å²) in [5.41, 5.74) is 2.93. The summed E-state index contributed by atoms with van der Waals surface area (Å²) in [6.45, 7) is 1.98. The number of fused-ring (bicyclic) bond motifs is 1. The zero-order valence-electron chi connectivity index (χ0n) is 11.0. The van der Waals surface area contributed by atoms with Gasteiger partial charge in [0.1, 0.15) is 0 Å². The largest absolute Gasteiger partial charge is 0.321 e. The van der Waals surface area contributed by atoms with Crippen LogP contribution in [0.25, 0.3) is 10.9 Å². The van der Waals surface area contributed by atoms with Crippen molar-refractivity contribution in [2.75, 3.05) is 5.32 Å². The Morgan fingerprint density at radius 2 is 1.85 bits per heavy atom. The Morgan fingerprint density at radius 3 is 2.70 bits per heavy atom. The molecule has 3 aromatic rings. The van der Waals surface area contributed by atoms with Crippen molar-refractivity contribution in [1.82, 2.24) is 10.2 Å². The number of rotatable bonds is 2. The van der Waals surface area contributed by atoms with E-state index in [0.717, 1.165) is 22.2 Å². The molecule has 1 aromatic heterocycles. The van der Waals surface area contributed by atoms with E-state index in [1.54, 1.807) is 6.07 Å². The highest BCUT2D eigenvalue weighted by Crippen LogP contribution is 2.13. The third-order valence-electron chi connectivity index (χ3n) is 3.00. The van der Waals surface area contributed by atoms with E-state index in [1.807, 2.05) is 55.5 Å². The maximum absolute atomic E-state index is 12.2. The number of carbonyl (C=O) groups excluding carboxylic acids is 1. The van der Waals surface area contributed by atoms with Crippen LogP contribution >= 0.6 is 0 Å².